The van der Waals surface area contributed by atoms with E-state index in [4.69, 9.17) is 4.74 Å². The molecule has 1 atom stereocenters. The second-order valence-corrected chi connectivity index (χ2v) is 5.67. The van der Waals surface area contributed by atoms with Crippen molar-refractivity contribution in [3.05, 3.63) is 23.8 Å². The summed E-state index contributed by atoms with van der Waals surface area (Å²) in [6.45, 7) is 3.33. The topological polar surface area (TPSA) is 58.6 Å². The monoisotopic (exact) mass is 288 g/mol. The molecule has 2 aliphatic heterocycles. The summed E-state index contributed by atoms with van der Waals surface area (Å²) < 4.78 is 5.51. The van der Waals surface area contributed by atoms with Crippen LogP contribution >= 0.6 is 0 Å². The Kier molecular flexibility index (Phi) is 3.82. The number of fused-ring (bicyclic) bond motifs is 1. The Hall–Kier alpha value is -2.04. The Morgan fingerprint density at radius 2 is 1.95 bits per heavy atom. The zero-order chi connectivity index (χ0) is 14.8. The third-order valence-electron chi connectivity index (χ3n) is 4.05. The lowest BCUT2D eigenvalue weighted by atomic mass is 10.1. The van der Waals surface area contributed by atoms with E-state index in [1.807, 2.05) is 4.90 Å². The van der Waals surface area contributed by atoms with E-state index in [-0.39, 0.29) is 11.8 Å². The van der Waals surface area contributed by atoms with E-state index < -0.39 is 6.10 Å². The Labute approximate surface area is 124 Å². The van der Waals surface area contributed by atoms with Gasteiger partial charge >= 0.3 is 0 Å². The van der Waals surface area contributed by atoms with Crippen molar-refractivity contribution in [2.75, 3.05) is 18.4 Å². The number of anilines is 1. The van der Waals surface area contributed by atoms with Crippen LogP contribution in [-0.2, 0) is 4.79 Å². The summed E-state index contributed by atoms with van der Waals surface area (Å²) in [6.07, 6.45) is 4.01. The minimum absolute atomic E-state index is 0.0348. The molecule has 1 fully saturated rings. The number of benzene rings is 1. The van der Waals surface area contributed by atoms with E-state index in [1.165, 1.54) is 12.8 Å². The van der Waals surface area contributed by atoms with Crippen LogP contribution in [-0.4, -0.2) is 35.9 Å². The third kappa shape index (κ3) is 2.86. The number of rotatable bonds is 1. The highest BCUT2D eigenvalue weighted by molar-refractivity contribution is 6.00. The lowest BCUT2D eigenvalue weighted by Gasteiger charge is -2.25. The largest absolute Gasteiger partial charge is 0.479 e. The van der Waals surface area contributed by atoms with Gasteiger partial charge < -0.3 is 15.0 Å². The minimum Gasteiger partial charge on any atom is -0.479 e. The zero-order valence-corrected chi connectivity index (χ0v) is 12.2. The van der Waals surface area contributed by atoms with Crippen LogP contribution in [0.2, 0.25) is 0 Å². The van der Waals surface area contributed by atoms with Gasteiger partial charge in [-0.05, 0) is 38.0 Å². The number of hydrogen-bond donors (Lipinski definition) is 1. The summed E-state index contributed by atoms with van der Waals surface area (Å²) in [7, 11) is 0. The molecule has 2 amide bonds. The number of carbonyl (C=O) groups excluding carboxylic acids is 2. The van der Waals surface area contributed by atoms with Gasteiger partial charge in [0.05, 0.1) is 5.69 Å². The van der Waals surface area contributed by atoms with Crippen LogP contribution < -0.4 is 10.1 Å². The Morgan fingerprint density at radius 3 is 2.67 bits per heavy atom. The molecule has 0 spiro atoms. The first kappa shape index (κ1) is 13.9. The first-order valence-corrected chi connectivity index (χ1v) is 7.56. The van der Waals surface area contributed by atoms with E-state index in [1.54, 1.807) is 25.1 Å². The van der Waals surface area contributed by atoms with Crippen molar-refractivity contribution in [3.8, 4) is 5.75 Å². The maximum Gasteiger partial charge on any atom is 0.265 e. The van der Waals surface area contributed by atoms with E-state index in [0.29, 0.717) is 17.0 Å². The van der Waals surface area contributed by atoms with Crippen molar-refractivity contribution < 1.29 is 14.3 Å². The molecule has 112 valence electrons. The molecule has 21 heavy (non-hydrogen) atoms. The number of amides is 2. The smallest absolute Gasteiger partial charge is 0.265 e. The fraction of sp³-hybridized carbons (Fsp3) is 0.500. The standard InChI is InChI=1S/C16H20N2O3/c1-11-15(19)17-13-10-12(6-7-14(13)21-11)16(20)18-8-4-2-3-5-9-18/h6-7,10-11H,2-5,8-9H2,1H3,(H,17,19). The van der Waals surface area contributed by atoms with Gasteiger partial charge in [-0.1, -0.05) is 12.8 Å². The van der Waals surface area contributed by atoms with Crippen molar-refractivity contribution in [2.45, 2.75) is 38.7 Å². The van der Waals surface area contributed by atoms with Gasteiger partial charge in [0.2, 0.25) is 0 Å². The molecule has 5 heteroatoms. The number of hydrogen-bond acceptors (Lipinski definition) is 3. The van der Waals surface area contributed by atoms with Crippen molar-refractivity contribution in [2.24, 2.45) is 0 Å². The molecule has 0 bridgehead atoms. The lowest BCUT2D eigenvalue weighted by molar-refractivity contribution is -0.122. The highest BCUT2D eigenvalue weighted by Crippen LogP contribution is 2.31. The number of ether oxygens (including phenoxy) is 1. The molecule has 1 saturated heterocycles. The minimum atomic E-state index is -0.496. The molecule has 0 aliphatic carbocycles. The summed E-state index contributed by atoms with van der Waals surface area (Å²) >= 11 is 0. The van der Waals surface area contributed by atoms with Crippen molar-refractivity contribution in [1.29, 1.82) is 0 Å². The molecule has 1 aromatic carbocycles. The highest BCUT2D eigenvalue weighted by atomic mass is 16.5. The number of likely N-dealkylation sites (tertiary alicyclic amines) is 1. The summed E-state index contributed by atoms with van der Waals surface area (Å²) in [4.78, 5) is 26.1. The summed E-state index contributed by atoms with van der Waals surface area (Å²) in [5, 5.41) is 2.79. The Balaban J connectivity index is 1.81. The molecule has 0 aromatic heterocycles. The molecule has 2 heterocycles. The Bertz CT molecular complexity index is 563. The van der Waals surface area contributed by atoms with Crippen LogP contribution in [0.15, 0.2) is 18.2 Å². The maximum atomic E-state index is 12.6. The average Bonchev–Trinajstić information content (AvgIpc) is 2.76. The number of nitrogens with one attached hydrogen (secondary N) is 1. The highest BCUT2D eigenvalue weighted by Gasteiger charge is 2.25. The SMILES string of the molecule is CC1Oc2ccc(C(=O)N3CCCCCC3)cc2NC1=O. The van der Waals surface area contributed by atoms with Crippen molar-refractivity contribution in [3.63, 3.8) is 0 Å². The van der Waals surface area contributed by atoms with Crippen LogP contribution in [0.4, 0.5) is 5.69 Å². The second kappa shape index (κ2) is 5.76. The van der Waals surface area contributed by atoms with E-state index in [0.717, 1.165) is 25.9 Å². The predicted molar refractivity (Wildman–Crippen MR) is 79.5 cm³/mol. The maximum absolute atomic E-state index is 12.6. The summed E-state index contributed by atoms with van der Waals surface area (Å²) in [5.41, 5.74) is 1.19. The van der Waals surface area contributed by atoms with Crippen LogP contribution in [0.1, 0.15) is 43.0 Å². The van der Waals surface area contributed by atoms with Gasteiger partial charge in [-0.15, -0.1) is 0 Å². The first-order valence-electron chi connectivity index (χ1n) is 7.56. The molecular formula is C16H20N2O3. The summed E-state index contributed by atoms with van der Waals surface area (Å²) in [6, 6.07) is 5.25. The van der Waals surface area contributed by atoms with Gasteiger partial charge in [-0.3, -0.25) is 9.59 Å². The normalized spacial score (nSPS) is 21.9. The molecule has 0 saturated carbocycles. The molecule has 0 radical (unpaired) electrons. The van der Waals surface area contributed by atoms with Gasteiger partial charge in [0.25, 0.3) is 11.8 Å². The second-order valence-electron chi connectivity index (χ2n) is 5.67. The quantitative estimate of drug-likeness (QED) is 0.863. The van der Waals surface area contributed by atoms with Gasteiger partial charge in [-0.25, -0.2) is 0 Å². The van der Waals surface area contributed by atoms with Crippen LogP contribution in [0, 0.1) is 0 Å². The molecular weight excluding hydrogens is 268 g/mol. The summed E-state index contributed by atoms with van der Waals surface area (Å²) in [5.74, 6) is 0.476. The average molecular weight is 288 g/mol. The molecule has 1 unspecified atom stereocenters. The molecule has 1 N–H and O–H groups in total. The van der Waals surface area contributed by atoms with Gasteiger partial charge in [-0.2, -0.15) is 0 Å². The van der Waals surface area contributed by atoms with Crippen molar-refractivity contribution >= 4 is 17.5 Å². The van der Waals surface area contributed by atoms with E-state index >= 15 is 0 Å². The molecule has 1 aromatic rings. The fourth-order valence-corrected chi connectivity index (χ4v) is 2.80. The van der Waals surface area contributed by atoms with Crippen LogP contribution in [0.25, 0.3) is 0 Å². The van der Waals surface area contributed by atoms with Crippen LogP contribution in [0.3, 0.4) is 0 Å². The van der Waals surface area contributed by atoms with Gasteiger partial charge in [0.1, 0.15) is 5.75 Å². The van der Waals surface area contributed by atoms with E-state index in [9.17, 15) is 9.59 Å². The zero-order valence-electron chi connectivity index (χ0n) is 12.2. The third-order valence-corrected chi connectivity index (χ3v) is 4.05. The Morgan fingerprint density at radius 1 is 1.24 bits per heavy atom. The number of carbonyl (C=O) groups is 2. The first-order chi connectivity index (χ1) is 10.1. The molecule has 5 nitrogen and oxygen atoms in total. The number of nitrogens with zero attached hydrogens (tertiary/aromatic N) is 1. The van der Waals surface area contributed by atoms with Gasteiger partial charge in [0.15, 0.2) is 6.10 Å². The van der Waals surface area contributed by atoms with Crippen molar-refractivity contribution in [1.82, 2.24) is 4.90 Å². The van der Waals surface area contributed by atoms with E-state index in [2.05, 4.69) is 5.32 Å². The van der Waals surface area contributed by atoms with Crippen LogP contribution in [0.5, 0.6) is 5.75 Å². The predicted octanol–water partition coefficient (Wildman–Crippen LogP) is 2.42. The lowest BCUT2D eigenvalue weighted by Crippen LogP contribution is -2.35. The molecule has 2 aliphatic rings. The van der Waals surface area contributed by atoms with Gasteiger partial charge in [0, 0.05) is 18.7 Å². The fourth-order valence-electron chi connectivity index (χ4n) is 2.80. The molecule has 3 rings (SSSR count).